The minimum absolute atomic E-state index is 0.0277. The number of rotatable bonds is 12. The van der Waals surface area contributed by atoms with Gasteiger partial charge in [-0.3, -0.25) is 0 Å². The molecule has 1 atom stereocenters. The smallest absolute Gasteiger partial charge is 0.201 e. The van der Waals surface area contributed by atoms with Crippen LogP contribution < -0.4 is 10.1 Å². The Labute approximate surface area is 195 Å². The summed E-state index contributed by atoms with van der Waals surface area (Å²) in [6.45, 7) is 7.45. The van der Waals surface area contributed by atoms with Crippen molar-refractivity contribution in [3.05, 3.63) is 70.8 Å². The summed E-state index contributed by atoms with van der Waals surface area (Å²) >= 11 is 0. The van der Waals surface area contributed by atoms with Gasteiger partial charge in [0, 0.05) is 17.7 Å². The third kappa shape index (κ3) is 7.36. The Bertz CT molecular complexity index is 920. The van der Waals surface area contributed by atoms with E-state index in [4.69, 9.17) is 9.47 Å². The molecule has 3 rings (SSSR count). The van der Waals surface area contributed by atoms with E-state index in [-0.39, 0.29) is 17.9 Å². The van der Waals surface area contributed by atoms with Gasteiger partial charge in [0.15, 0.2) is 17.9 Å². The maximum absolute atomic E-state index is 14.3. The molecule has 2 aromatic rings. The van der Waals surface area contributed by atoms with Crippen LogP contribution in [0.2, 0.25) is 0 Å². The van der Waals surface area contributed by atoms with Gasteiger partial charge in [0.05, 0.1) is 6.61 Å². The molecule has 0 heterocycles. The van der Waals surface area contributed by atoms with Gasteiger partial charge < -0.3 is 19.9 Å². The zero-order valence-corrected chi connectivity index (χ0v) is 19.7. The highest BCUT2D eigenvalue weighted by Crippen LogP contribution is 2.32. The van der Waals surface area contributed by atoms with Crippen LogP contribution in [0, 0.1) is 17.6 Å². The van der Waals surface area contributed by atoms with Crippen LogP contribution in [0.3, 0.4) is 0 Å². The van der Waals surface area contributed by atoms with E-state index in [1.807, 2.05) is 0 Å². The fraction of sp³-hybridized carbons (Fsp3) is 0.481. The van der Waals surface area contributed by atoms with Gasteiger partial charge in [0.25, 0.3) is 0 Å². The first-order valence-electron chi connectivity index (χ1n) is 11.7. The van der Waals surface area contributed by atoms with Gasteiger partial charge in [-0.2, -0.15) is 4.39 Å². The average Bonchev–Trinajstić information content (AvgIpc) is 3.17. The molecule has 2 N–H and O–H groups in total. The summed E-state index contributed by atoms with van der Waals surface area (Å²) < 4.78 is 38.7. The normalized spacial score (nSPS) is 15.2. The number of halogens is 2. The van der Waals surface area contributed by atoms with Crippen molar-refractivity contribution in [2.45, 2.75) is 58.3 Å². The third-order valence-electron chi connectivity index (χ3n) is 5.96. The summed E-state index contributed by atoms with van der Waals surface area (Å²) in [4.78, 5) is 0. The van der Waals surface area contributed by atoms with Gasteiger partial charge in [-0.25, -0.2) is 4.39 Å². The first-order valence-corrected chi connectivity index (χ1v) is 11.7. The lowest BCUT2D eigenvalue weighted by Gasteiger charge is -2.29. The summed E-state index contributed by atoms with van der Waals surface area (Å²) in [5, 5.41) is 13.3. The summed E-state index contributed by atoms with van der Waals surface area (Å²) in [5.41, 5.74) is 3.24. The Balaban J connectivity index is 1.47. The molecule has 33 heavy (non-hydrogen) atoms. The van der Waals surface area contributed by atoms with Gasteiger partial charge >= 0.3 is 0 Å². The van der Waals surface area contributed by atoms with E-state index in [0.717, 1.165) is 25.3 Å². The lowest BCUT2D eigenvalue weighted by atomic mass is 9.88. The molecule has 1 aliphatic rings. The Morgan fingerprint density at radius 1 is 1.15 bits per heavy atom. The van der Waals surface area contributed by atoms with Crippen molar-refractivity contribution >= 4 is 6.08 Å². The zero-order chi connectivity index (χ0) is 23.8. The molecular formula is C27H35F2NO3. The summed E-state index contributed by atoms with van der Waals surface area (Å²) in [6, 6.07) is 11.1. The van der Waals surface area contributed by atoms with Crippen LogP contribution in [0.15, 0.2) is 42.5 Å². The molecular weight excluding hydrogens is 424 g/mol. The molecule has 6 heteroatoms. The number of fused-ring (bicyclic) bond motifs is 1. The van der Waals surface area contributed by atoms with E-state index in [0.29, 0.717) is 31.1 Å². The molecule has 0 saturated heterocycles. The molecule has 0 amide bonds. The number of nitrogens with one attached hydrogen (secondary N) is 1. The average molecular weight is 460 g/mol. The molecule has 1 unspecified atom stereocenters. The van der Waals surface area contributed by atoms with Crippen LogP contribution in [-0.2, 0) is 17.6 Å². The second-order valence-electron chi connectivity index (χ2n) is 9.24. The van der Waals surface area contributed by atoms with Crippen LogP contribution in [0.5, 0.6) is 5.75 Å². The Hall–Kier alpha value is -2.28. The van der Waals surface area contributed by atoms with Crippen molar-refractivity contribution < 1.29 is 23.4 Å². The Kier molecular flexibility index (Phi) is 9.01. The maximum Gasteiger partial charge on any atom is 0.201 e. The number of benzene rings is 2. The molecule has 4 nitrogen and oxygen atoms in total. The first kappa shape index (κ1) is 25.3. The summed E-state index contributed by atoms with van der Waals surface area (Å²) in [5.74, 6) is -1.52. The van der Waals surface area contributed by atoms with Gasteiger partial charge in [-0.15, -0.1) is 0 Å². The van der Waals surface area contributed by atoms with Crippen LogP contribution in [0.25, 0.3) is 6.08 Å². The van der Waals surface area contributed by atoms with Crippen molar-refractivity contribution in [3.8, 4) is 5.75 Å². The van der Waals surface area contributed by atoms with E-state index in [9.17, 15) is 13.9 Å². The van der Waals surface area contributed by atoms with E-state index >= 15 is 0 Å². The van der Waals surface area contributed by atoms with Crippen molar-refractivity contribution in [2.75, 3.05) is 19.8 Å². The molecule has 1 aliphatic carbocycles. The highest BCUT2D eigenvalue weighted by Gasteiger charge is 2.27. The van der Waals surface area contributed by atoms with Crippen LogP contribution in [0.4, 0.5) is 8.78 Å². The number of aliphatic hydroxyl groups excluding tert-OH is 1. The zero-order valence-electron chi connectivity index (χ0n) is 19.7. The van der Waals surface area contributed by atoms with Crippen LogP contribution in [-0.4, -0.2) is 36.7 Å². The fourth-order valence-electron chi connectivity index (χ4n) is 4.50. The van der Waals surface area contributed by atoms with Gasteiger partial charge in [0.2, 0.25) is 5.82 Å². The fourth-order valence-corrected chi connectivity index (χ4v) is 4.50. The molecule has 0 spiro atoms. The molecule has 0 fully saturated rings. The topological polar surface area (TPSA) is 50.7 Å². The first-order chi connectivity index (χ1) is 15.8. The number of ether oxygens (including phenoxy) is 2. The van der Waals surface area contributed by atoms with Crippen LogP contribution in [0.1, 0.15) is 50.3 Å². The number of hydrogen-bond acceptors (Lipinski definition) is 4. The van der Waals surface area contributed by atoms with E-state index < -0.39 is 17.9 Å². The second-order valence-corrected chi connectivity index (χ2v) is 9.24. The van der Waals surface area contributed by atoms with Crippen molar-refractivity contribution in [2.24, 2.45) is 5.92 Å². The van der Waals surface area contributed by atoms with E-state index in [2.05, 4.69) is 43.4 Å². The standard InChI is InChI=1S/C27H35F2NO3/c1-4-32-24(31)13-11-20-10-12-23(28)25(29)26(20)33-15-7-14-30-27(2,3)18-19-16-21-8-5-6-9-22(21)17-19/h5-6,8-13,19,24,30-31H,4,7,14-18H2,1-3H3/b13-11+. The maximum atomic E-state index is 14.3. The lowest BCUT2D eigenvalue weighted by Crippen LogP contribution is -2.42. The van der Waals surface area contributed by atoms with Gasteiger partial charge in [-0.05, 0) is 88.3 Å². The van der Waals surface area contributed by atoms with E-state index in [1.54, 1.807) is 6.92 Å². The lowest BCUT2D eigenvalue weighted by molar-refractivity contribution is -0.0581. The minimum Gasteiger partial charge on any atom is -0.490 e. The second kappa shape index (κ2) is 11.7. The summed E-state index contributed by atoms with van der Waals surface area (Å²) in [6.07, 6.45) is 5.69. The molecule has 180 valence electrons. The largest absolute Gasteiger partial charge is 0.490 e. The van der Waals surface area contributed by atoms with Crippen molar-refractivity contribution in [3.63, 3.8) is 0 Å². The quantitative estimate of drug-likeness (QED) is 0.335. The highest BCUT2D eigenvalue weighted by atomic mass is 19.2. The Morgan fingerprint density at radius 3 is 2.52 bits per heavy atom. The minimum atomic E-state index is -1.12. The SMILES string of the molecule is CCOC(O)/C=C/c1ccc(F)c(F)c1OCCCNC(C)(C)CC1Cc2ccccc2C1. The molecule has 0 saturated carbocycles. The molecule has 0 bridgehead atoms. The van der Waals surface area contributed by atoms with Gasteiger partial charge in [-0.1, -0.05) is 30.3 Å². The molecule has 0 aliphatic heterocycles. The predicted octanol–water partition coefficient (Wildman–Crippen LogP) is 5.28. The van der Waals surface area contributed by atoms with E-state index in [1.165, 1.54) is 29.3 Å². The molecule has 2 aromatic carbocycles. The molecule has 0 aromatic heterocycles. The third-order valence-corrected chi connectivity index (χ3v) is 5.96. The molecule has 0 radical (unpaired) electrons. The predicted molar refractivity (Wildman–Crippen MR) is 127 cm³/mol. The highest BCUT2D eigenvalue weighted by molar-refractivity contribution is 5.58. The van der Waals surface area contributed by atoms with Crippen LogP contribution >= 0.6 is 0 Å². The monoisotopic (exact) mass is 459 g/mol. The van der Waals surface area contributed by atoms with Crippen molar-refractivity contribution in [1.29, 1.82) is 0 Å². The number of hydrogen-bond donors (Lipinski definition) is 2. The summed E-state index contributed by atoms with van der Waals surface area (Å²) in [7, 11) is 0. The van der Waals surface area contributed by atoms with Crippen molar-refractivity contribution in [1.82, 2.24) is 5.32 Å². The Morgan fingerprint density at radius 2 is 1.85 bits per heavy atom. The number of aliphatic hydroxyl groups is 1. The van der Waals surface area contributed by atoms with Gasteiger partial charge in [0.1, 0.15) is 0 Å².